The number of likely N-dealkylation sites (tertiary alicyclic amines) is 1. The average Bonchev–Trinajstić information content (AvgIpc) is 3.37. The van der Waals surface area contributed by atoms with Crippen LogP contribution in [0.2, 0.25) is 0 Å². The second-order valence-electron chi connectivity index (χ2n) is 9.63. The fourth-order valence-corrected chi connectivity index (χ4v) is 5.16. The van der Waals surface area contributed by atoms with Gasteiger partial charge in [-0.3, -0.25) is 29.2 Å². The first kappa shape index (κ1) is 24.8. The van der Waals surface area contributed by atoms with Crippen LogP contribution in [0.4, 0.5) is 11.6 Å². The minimum atomic E-state index is -0.479. The first-order valence-electron chi connectivity index (χ1n) is 12.8. The van der Waals surface area contributed by atoms with E-state index in [1.165, 1.54) is 24.3 Å². The number of fused-ring (bicyclic) bond motifs is 1. The van der Waals surface area contributed by atoms with Crippen molar-refractivity contribution in [3.8, 4) is 0 Å². The zero-order valence-corrected chi connectivity index (χ0v) is 20.7. The van der Waals surface area contributed by atoms with E-state index in [4.69, 9.17) is 0 Å². The predicted octanol–water partition coefficient (Wildman–Crippen LogP) is 3.76. The number of aryl methyl sites for hydroxylation is 1. The summed E-state index contributed by atoms with van der Waals surface area (Å²) in [5.41, 5.74) is 1.07. The largest absolute Gasteiger partial charge is 0.302 e. The van der Waals surface area contributed by atoms with E-state index in [0.29, 0.717) is 24.6 Å². The van der Waals surface area contributed by atoms with Gasteiger partial charge in [-0.25, -0.2) is 0 Å². The van der Waals surface area contributed by atoms with Gasteiger partial charge < -0.3 is 4.90 Å². The third-order valence-electron chi connectivity index (χ3n) is 7.31. The summed E-state index contributed by atoms with van der Waals surface area (Å²) in [6.07, 6.45) is 4.44. The lowest BCUT2D eigenvalue weighted by Gasteiger charge is -2.33. The zero-order chi connectivity index (χ0) is 25.8. The van der Waals surface area contributed by atoms with E-state index in [9.17, 15) is 19.7 Å². The Morgan fingerprint density at radius 1 is 0.946 bits per heavy atom. The second-order valence-corrected chi connectivity index (χ2v) is 9.63. The number of ketones is 1. The highest BCUT2D eigenvalue weighted by Crippen LogP contribution is 2.25. The number of hydrogen-bond donors (Lipinski definition) is 0. The lowest BCUT2D eigenvalue weighted by molar-refractivity contribution is -0.384. The molecule has 3 aromatic rings. The van der Waals surface area contributed by atoms with Crippen LogP contribution in [0.5, 0.6) is 0 Å². The van der Waals surface area contributed by atoms with Gasteiger partial charge in [-0.2, -0.15) is 0 Å². The maximum Gasteiger partial charge on any atom is 0.269 e. The van der Waals surface area contributed by atoms with Crippen molar-refractivity contribution in [1.82, 2.24) is 19.7 Å². The molecule has 0 atom stereocenters. The quantitative estimate of drug-likeness (QED) is 0.262. The molecule has 10 heteroatoms. The minimum Gasteiger partial charge on any atom is -0.302 e. The SMILES string of the molecule is O=C(c1ccccc1)C1CCN(CCN(C(=O)c2ccc([N+](=O)[O-])cc2)c2nnc3n2CCCC3)CC1. The van der Waals surface area contributed by atoms with Crippen LogP contribution in [0, 0.1) is 16.0 Å². The summed E-state index contributed by atoms with van der Waals surface area (Å²) in [5, 5.41) is 19.7. The molecule has 0 radical (unpaired) electrons. The van der Waals surface area contributed by atoms with Gasteiger partial charge in [0.1, 0.15) is 5.82 Å². The van der Waals surface area contributed by atoms with Gasteiger partial charge in [0, 0.05) is 55.2 Å². The van der Waals surface area contributed by atoms with E-state index in [-0.39, 0.29) is 23.3 Å². The van der Waals surface area contributed by atoms with E-state index < -0.39 is 4.92 Å². The van der Waals surface area contributed by atoms with Gasteiger partial charge in [0.25, 0.3) is 11.6 Å². The van der Waals surface area contributed by atoms with Crippen LogP contribution in [-0.2, 0) is 13.0 Å². The Balaban J connectivity index is 1.28. The molecule has 0 N–H and O–H groups in total. The number of carbonyl (C=O) groups excluding carboxylic acids is 2. The highest BCUT2D eigenvalue weighted by molar-refractivity contribution is 6.05. The van der Waals surface area contributed by atoms with Crippen molar-refractivity contribution in [2.75, 3.05) is 31.1 Å². The summed E-state index contributed by atoms with van der Waals surface area (Å²) >= 11 is 0. The van der Waals surface area contributed by atoms with Crippen LogP contribution in [0.1, 0.15) is 52.2 Å². The number of aromatic nitrogens is 3. The molecular formula is C27H30N6O4. The van der Waals surface area contributed by atoms with Gasteiger partial charge in [0.2, 0.25) is 5.95 Å². The number of non-ortho nitro benzene ring substituents is 1. The van der Waals surface area contributed by atoms with Crippen LogP contribution in [0.3, 0.4) is 0 Å². The standard InChI is InChI=1S/C27H30N6O4/c34-25(20-6-2-1-3-7-20)21-13-16-30(17-14-21)18-19-32(27-29-28-24-8-4-5-15-31(24)27)26(35)22-9-11-23(12-10-22)33(36)37/h1-3,6-7,9-12,21H,4-5,8,13-19H2. The first-order chi connectivity index (χ1) is 18.0. The number of amides is 1. The number of rotatable bonds is 8. The Kier molecular flexibility index (Phi) is 7.36. The van der Waals surface area contributed by atoms with E-state index in [0.717, 1.165) is 63.1 Å². The second kappa shape index (κ2) is 11.0. The lowest BCUT2D eigenvalue weighted by Crippen LogP contribution is -2.43. The van der Waals surface area contributed by atoms with E-state index in [1.54, 1.807) is 4.90 Å². The summed E-state index contributed by atoms with van der Waals surface area (Å²) in [4.78, 5) is 40.9. The van der Waals surface area contributed by atoms with Crippen molar-refractivity contribution in [3.63, 3.8) is 0 Å². The van der Waals surface area contributed by atoms with Gasteiger partial charge in [0.05, 0.1) is 4.92 Å². The highest BCUT2D eigenvalue weighted by atomic mass is 16.6. The topological polar surface area (TPSA) is 114 Å². The molecule has 0 unspecified atom stereocenters. The number of benzene rings is 2. The molecule has 2 aliphatic rings. The average molecular weight is 503 g/mol. The summed E-state index contributed by atoms with van der Waals surface area (Å²) < 4.78 is 2.01. The molecule has 10 nitrogen and oxygen atoms in total. The van der Waals surface area contributed by atoms with Crippen molar-refractivity contribution >= 4 is 23.3 Å². The Hall–Kier alpha value is -3.92. The van der Waals surface area contributed by atoms with Gasteiger partial charge in [-0.1, -0.05) is 30.3 Å². The van der Waals surface area contributed by atoms with Gasteiger partial charge >= 0.3 is 0 Å². The van der Waals surface area contributed by atoms with Gasteiger partial charge in [-0.15, -0.1) is 10.2 Å². The number of nitrogens with zero attached hydrogens (tertiary/aromatic N) is 6. The van der Waals surface area contributed by atoms with E-state index in [2.05, 4.69) is 15.1 Å². The van der Waals surface area contributed by atoms with Crippen molar-refractivity contribution < 1.29 is 14.5 Å². The van der Waals surface area contributed by atoms with E-state index in [1.807, 2.05) is 34.9 Å². The number of nitro groups is 1. The number of Topliss-reactive ketones (excluding diaryl/α,β-unsaturated/α-hetero) is 1. The molecule has 0 spiro atoms. The lowest BCUT2D eigenvalue weighted by atomic mass is 9.89. The molecule has 1 fully saturated rings. The summed E-state index contributed by atoms with van der Waals surface area (Å²) in [5.74, 6) is 1.35. The van der Waals surface area contributed by atoms with Crippen molar-refractivity contribution in [2.24, 2.45) is 5.92 Å². The molecule has 1 saturated heterocycles. The fraction of sp³-hybridized carbons (Fsp3) is 0.407. The van der Waals surface area contributed by atoms with Crippen molar-refractivity contribution in [3.05, 3.63) is 81.7 Å². The monoisotopic (exact) mass is 502 g/mol. The Morgan fingerprint density at radius 2 is 1.68 bits per heavy atom. The maximum atomic E-state index is 13.6. The molecule has 3 heterocycles. The number of piperidine rings is 1. The van der Waals surface area contributed by atoms with Crippen molar-refractivity contribution in [2.45, 2.75) is 38.6 Å². The first-order valence-corrected chi connectivity index (χ1v) is 12.8. The number of anilines is 1. The minimum absolute atomic E-state index is 0.0139. The Labute approximate surface area is 215 Å². The summed E-state index contributed by atoms with van der Waals surface area (Å²) in [6, 6.07) is 15.1. The van der Waals surface area contributed by atoms with Crippen LogP contribution in [0.15, 0.2) is 54.6 Å². The predicted molar refractivity (Wildman–Crippen MR) is 138 cm³/mol. The number of carbonyl (C=O) groups is 2. The molecule has 2 aromatic carbocycles. The van der Waals surface area contributed by atoms with Gasteiger partial charge in [-0.05, 0) is 50.9 Å². The Bertz CT molecular complexity index is 1270. The molecule has 192 valence electrons. The number of hydrogen-bond acceptors (Lipinski definition) is 7. The Morgan fingerprint density at radius 3 is 2.38 bits per heavy atom. The maximum absolute atomic E-state index is 13.6. The van der Waals surface area contributed by atoms with E-state index >= 15 is 0 Å². The molecule has 2 aliphatic heterocycles. The van der Waals surface area contributed by atoms with Crippen LogP contribution < -0.4 is 4.90 Å². The smallest absolute Gasteiger partial charge is 0.269 e. The van der Waals surface area contributed by atoms with Gasteiger partial charge in [0.15, 0.2) is 5.78 Å². The third kappa shape index (κ3) is 5.43. The van der Waals surface area contributed by atoms with Crippen LogP contribution in [0.25, 0.3) is 0 Å². The molecule has 5 rings (SSSR count). The molecule has 37 heavy (non-hydrogen) atoms. The summed E-state index contributed by atoms with van der Waals surface area (Å²) in [6.45, 7) is 3.36. The molecule has 0 bridgehead atoms. The molecule has 0 aliphatic carbocycles. The van der Waals surface area contributed by atoms with Crippen LogP contribution in [-0.4, -0.2) is 62.5 Å². The van der Waals surface area contributed by atoms with Crippen molar-refractivity contribution in [1.29, 1.82) is 0 Å². The fourth-order valence-electron chi connectivity index (χ4n) is 5.16. The number of nitro benzene ring substituents is 1. The molecular weight excluding hydrogens is 472 g/mol. The highest BCUT2D eigenvalue weighted by Gasteiger charge is 2.29. The third-order valence-corrected chi connectivity index (χ3v) is 7.31. The zero-order valence-electron chi connectivity index (χ0n) is 20.7. The molecule has 1 aromatic heterocycles. The molecule has 1 amide bonds. The van der Waals surface area contributed by atoms with Crippen LogP contribution >= 0.6 is 0 Å². The summed E-state index contributed by atoms with van der Waals surface area (Å²) in [7, 11) is 0. The normalized spacial score (nSPS) is 16.2. The molecule has 0 saturated carbocycles.